The first kappa shape index (κ1) is 18.0. The molecule has 0 radical (unpaired) electrons. The minimum Gasteiger partial charge on any atom is -0.380 e. The zero-order valence-electron chi connectivity index (χ0n) is 14.1. The van der Waals surface area contributed by atoms with Crippen molar-refractivity contribution in [3.63, 3.8) is 0 Å². The molecule has 0 aromatic heterocycles. The van der Waals surface area contributed by atoms with Gasteiger partial charge in [-0.3, -0.25) is 9.59 Å². The number of hydrogen-bond donors (Lipinski definition) is 1. The largest absolute Gasteiger partial charge is 0.380 e. The highest BCUT2D eigenvalue weighted by Gasteiger charge is 2.49. The number of amides is 2. The Morgan fingerprint density at radius 1 is 1.24 bits per heavy atom. The summed E-state index contributed by atoms with van der Waals surface area (Å²) < 4.78 is 5.39. The Labute approximate surface area is 128 Å². The average molecular weight is 298 g/mol. The molecule has 1 aliphatic heterocycles. The third kappa shape index (κ3) is 3.76. The zero-order valence-corrected chi connectivity index (χ0v) is 14.1. The summed E-state index contributed by atoms with van der Waals surface area (Å²) in [5.41, 5.74) is -0.721. The fourth-order valence-electron chi connectivity index (χ4n) is 3.08. The van der Waals surface area contributed by atoms with Crippen molar-refractivity contribution in [3.8, 4) is 0 Å². The first-order valence-electron chi connectivity index (χ1n) is 8.13. The lowest BCUT2D eigenvalue weighted by atomic mass is 9.84. The molecule has 0 spiro atoms. The molecular weight excluding hydrogens is 268 g/mol. The van der Waals surface area contributed by atoms with E-state index in [-0.39, 0.29) is 11.8 Å². The average Bonchev–Trinajstić information content (AvgIpc) is 2.44. The van der Waals surface area contributed by atoms with Crippen molar-refractivity contribution in [1.29, 1.82) is 0 Å². The van der Waals surface area contributed by atoms with Gasteiger partial charge in [0, 0.05) is 13.2 Å². The highest BCUT2D eigenvalue weighted by Crippen LogP contribution is 2.30. The van der Waals surface area contributed by atoms with Crippen LogP contribution in [-0.2, 0) is 14.3 Å². The van der Waals surface area contributed by atoms with Gasteiger partial charge in [-0.1, -0.05) is 27.7 Å². The molecule has 5 nitrogen and oxygen atoms in total. The van der Waals surface area contributed by atoms with Crippen LogP contribution in [-0.4, -0.2) is 48.1 Å². The van der Waals surface area contributed by atoms with Gasteiger partial charge in [0.05, 0.1) is 6.61 Å². The summed E-state index contributed by atoms with van der Waals surface area (Å²) in [4.78, 5) is 27.2. The molecule has 0 aromatic rings. The van der Waals surface area contributed by atoms with Crippen molar-refractivity contribution >= 4 is 11.8 Å². The summed E-state index contributed by atoms with van der Waals surface area (Å²) in [6, 6.07) is -0.398. The van der Waals surface area contributed by atoms with Crippen molar-refractivity contribution in [2.75, 3.05) is 19.8 Å². The van der Waals surface area contributed by atoms with Gasteiger partial charge in [0.2, 0.25) is 11.8 Å². The second-order valence-electron chi connectivity index (χ2n) is 6.08. The van der Waals surface area contributed by atoms with E-state index in [1.165, 1.54) is 0 Å². The predicted molar refractivity (Wildman–Crippen MR) is 82.9 cm³/mol. The number of ether oxygens (including phenoxy) is 1. The predicted octanol–water partition coefficient (Wildman–Crippen LogP) is 1.95. The summed E-state index contributed by atoms with van der Waals surface area (Å²) in [7, 11) is 0. The van der Waals surface area contributed by atoms with Crippen LogP contribution in [0.4, 0.5) is 0 Å². The minimum atomic E-state index is -0.721. The molecule has 0 aromatic carbocycles. The van der Waals surface area contributed by atoms with Gasteiger partial charge in [-0.15, -0.1) is 0 Å². The van der Waals surface area contributed by atoms with Gasteiger partial charge in [-0.2, -0.15) is 0 Å². The molecule has 0 aliphatic carbocycles. The Morgan fingerprint density at radius 3 is 2.33 bits per heavy atom. The van der Waals surface area contributed by atoms with Crippen molar-refractivity contribution in [2.45, 2.75) is 65.5 Å². The number of nitrogens with one attached hydrogen (secondary N) is 1. The molecule has 1 atom stereocenters. The van der Waals surface area contributed by atoms with E-state index in [2.05, 4.69) is 19.2 Å². The van der Waals surface area contributed by atoms with Gasteiger partial charge in [0.1, 0.15) is 11.6 Å². The Balaban J connectivity index is 2.99. The molecule has 0 saturated carbocycles. The number of piperazine rings is 1. The molecule has 1 N–H and O–H groups in total. The van der Waals surface area contributed by atoms with Crippen LogP contribution in [0, 0.1) is 5.92 Å². The van der Waals surface area contributed by atoms with Crippen molar-refractivity contribution in [2.24, 2.45) is 5.92 Å². The Kier molecular flexibility index (Phi) is 6.65. The maximum absolute atomic E-state index is 12.8. The standard InChI is InChI=1S/C16H30N2O3/c1-6-16(7-2)15(20)17-13(11-12(4)5)14(19)18(16)9-10-21-8-3/h12-13H,6-11H2,1-5H3,(H,17,20). The van der Waals surface area contributed by atoms with Crippen LogP contribution in [0.3, 0.4) is 0 Å². The molecule has 1 unspecified atom stereocenters. The number of carbonyl (C=O) groups excluding carboxylic acids is 2. The SMILES string of the molecule is CCOCCN1C(=O)C(CC(C)C)NC(=O)C1(CC)CC. The summed E-state index contributed by atoms with van der Waals surface area (Å²) in [6.45, 7) is 11.6. The molecule has 1 fully saturated rings. The first-order valence-corrected chi connectivity index (χ1v) is 8.13. The smallest absolute Gasteiger partial charge is 0.246 e. The van der Waals surface area contributed by atoms with Gasteiger partial charge in [0.25, 0.3) is 0 Å². The summed E-state index contributed by atoms with van der Waals surface area (Å²) in [6.07, 6.45) is 1.93. The van der Waals surface area contributed by atoms with Gasteiger partial charge in [-0.25, -0.2) is 0 Å². The maximum atomic E-state index is 12.8. The molecule has 5 heteroatoms. The van der Waals surface area contributed by atoms with E-state index in [1.807, 2.05) is 20.8 Å². The van der Waals surface area contributed by atoms with Crippen molar-refractivity contribution in [3.05, 3.63) is 0 Å². The molecule has 0 bridgehead atoms. The van der Waals surface area contributed by atoms with Crippen LogP contribution in [0.1, 0.15) is 53.9 Å². The fourth-order valence-corrected chi connectivity index (χ4v) is 3.08. The van der Waals surface area contributed by atoms with E-state index in [0.29, 0.717) is 44.9 Å². The molecule has 1 saturated heterocycles. The molecule has 1 aliphatic rings. The molecule has 1 heterocycles. The lowest BCUT2D eigenvalue weighted by Gasteiger charge is -2.48. The van der Waals surface area contributed by atoms with Gasteiger partial charge < -0.3 is 15.0 Å². The lowest BCUT2D eigenvalue weighted by molar-refractivity contribution is -0.159. The number of nitrogens with zero attached hydrogens (tertiary/aromatic N) is 1. The van der Waals surface area contributed by atoms with Crippen LogP contribution in [0.5, 0.6) is 0 Å². The fraction of sp³-hybridized carbons (Fsp3) is 0.875. The van der Waals surface area contributed by atoms with Gasteiger partial charge in [0.15, 0.2) is 0 Å². The molecule has 2 amide bonds. The van der Waals surface area contributed by atoms with Gasteiger partial charge >= 0.3 is 0 Å². The second-order valence-corrected chi connectivity index (χ2v) is 6.08. The number of hydrogen-bond acceptors (Lipinski definition) is 3. The Hall–Kier alpha value is -1.10. The zero-order chi connectivity index (χ0) is 16.0. The van der Waals surface area contributed by atoms with E-state index < -0.39 is 11.6 Å². The third-order valence-corrected chi connectivity index (χ3v) is 4.35. The van der Waals surface area contributed by atoms with E-state index in [1.54, 1.807) is 4.90 Å². The van der Waals surface area contributed by atoms with Crippen LogP contribution in [0.25, 0.3) is 0 Å². The monoisotopic (exact) mass is 298 g/mol. The van der Waals surface area contributed by atoms with E-state index in [9.17, 15) is 9.59 Å². The summed E-state index contributed by atoms with van der Waals surface area (Å²) in [5, 5.41) is 2.94. The van der Waals surface area contributed by atoms with Crippen LogP contribution in [0.2, 0.25) is 0 Å². The molecule has 1 rings (SSSR count). The van der Waals surface area contributed by atoms with Crippen LogP contribution >= 0.6 is 0 Å². The second kappa shape index (κ2) is 7.78. The van der Waals surface area contributed by atoms with Crippen molar-refractivity contribution in [1.82, 2.24) is 10.2 Å². The molecular formula is C16H30N2O3. The van der Waals surface area contributed by atoms with E-state index in [0.717, 1.165) is 0 Å². The molecule has 122 valence electrons. The Morgan fingerprint density at radius 2 is 1.86 bits per heavy atom. The highest BCUT2D eigenvalue weighted by atomic mass is 16.5. The quantitative estimate of drug-likeness (QED) is 0.697. The van der Waals surface area contributed by atoms with Crippen LogP contribution < -0.4 is 5.32 Å². The van der Waals surface area contributed by atoms with Crippen LogP contribution in [0.15, 0.2) is 0 Å². The minimum absolute atomic E-state index is 0.0192. The van der Waals surface area contributed by atoms with E-state index >= 15 is 0 Å². The summed E-state index contributed by atoms with van der Waals surface area (Å²) >= 11 is 0. The highest BCUT2D eigenvalue weighted by molar-refractivity contribution is 5.99. The topological polar surface area (TPSA) is 58.6 Å². The lowest BCUT2D eigenvalue weighted by Crippen LogP contribution is -2.70. The van der Waals surface area contributed by atoms with E-state index in [4.69, 9.17) is 4.74 Å². The summed E-state index contributed by atoms with van der Waals surface area (Å²) in [5.74, 6) is 0.379. The van der Waals surface area contributed by atoms with Crippen molar-refractivity contribution < 1.29 is 14.3 Å². The normalized spacial score (nSPS) is 21.8. The Bertz CT molecular complexity index is 365. The number of carbonyl (C=O) groups is 2. The molecule has 21 heavy (non-hydrogen) atoms. The third-order valence-electron chi connectivity index (χ3n) is 4.35. The maximum Gasteiger partial charge on any atom is 0.246 e. The number of rotatable bonds is 8. The first-order chi connectivity index (χ1) is 9.92. The van der Waals surface area contributed by atoms with Gasteiger partial charge in [-0.05, 0) is 32.1 Å².